The topological polar surface area (TPSA) is 67.9 Å². The summed E-state index contributed by atoms with van der Waals surface area (Å²) in [5, 5.41) is 3.46. The van der Waals surface area contributed by atoms with Gasteiger partial charge in [-0.05, 0) is 55.5 Å². The molecule has 6 nitrogen and oxygen atoms in total. The number of benzene rings is 3. The van der Waals surface area contributed by atoms with E-state index in [2.05, 4.69) is 5.32 Å². The summed E-state index contributed by atoms with van der Waals surface area (Å²) in [7, 11) is 1.61. The second-order valence-electron chi connectivity index (χ2n) is 7.55. The Kier molecular flexibility index (Phi) is 6.32. The van der Waals surface area contributed by atoms with Crippen LogP contribution in [0.1, 0.15) is 28.4 Å². The largest absolute Gasteiger partial charge is 0.496 e. The molecule has 0 radical (unpaired) electrons. The lowest BCUT2D eigenvalue weighted by atomic mass is 10.1. The Morgan fingerprint density at radius 1 is 1.16 bits per heavy atom. The first kappa shape index (κ1) is 21.7. The highest BCUT2D eigenvalue weighted by Crippen LogP contribution is 2.30. The van der Waals surface area contributed by atoms with Gasteiger partial charge < -0.3 is 19.7 Å². The number of hydrogen-bond acceptors (Lipinski definition) is 4. The fourth-order valence-electron chi connectivity index (χ4n) is 3.65. The van der Waals surface area contributed by atoms with E-state index in [1.54, 1.807) is 55.3 Å². The predicted octanol–water partition coefficient (Wildman–Crippen LogP) is 4.91. The molecule has 1 atom stereocenters. The van der Waals surface area contributed by atoms with Crippen molar-refractivity contribution >= 4 is 29.1 Å². The van der Waals surface area contributed by atoms with Crippen LogP contribution in [-0.2, 0) is 17.9 Å². The molecule has 0 aliphatic carbocycles. The molecule has 0 unspecified atom stereocenters. The average molecular weight is 451 g/mol. The second kappa shape index (κ2) is 9.32. The maximum Gasteiger partial charge on any atom is 0.263 e. The van der Waals surface area contributed by atoms with Crippen molar-refractivity contribution < 1.29 is 19.1 Å². The van der Waals surface area contributed by atoms with Crippen LogP contribution in [-0.4, -0.2) is 29.9 Å². The minimum absolute atomic E-state index is 0.112. The molecular weight excluding hydrogens is 428 g/mol. The molecule has 164 valence electrons. The minimum atomic E-state index is -0.625. The summed E-state index contributed by atoms with van der Waals surface area (Å²) >= 11 is 5.90. The zero-order chi connectivity index (χ0) is 22.7. The van der Waals surface area contributed by atoms with Crippen molar-refractivity contribution in [3.63, 3.8) is 0 Å². The Balaban J connectivity index is 1.57. The molecule has 32 heavy (non-hydrogen) atoms. The zero-order valence-electron chi connectivity index (χ0n) is 17.8. The Labute approximate surface area is 191 Å². The number of nitrogens with zero attached hydrogens (tertiary/aromatic N) is 1. The summed E-state index contributed by atoms with van der Waals surface area (Å²) in [6.07, 6.45) is -0.625. The van der Waals surface area contributed by atoms with E-state index in [-0.39, 0.29) is 11.8 Å². The van der Waals surface area contributed by atoms with Crippen LogP contribution in [0.15, 0.2) is 66.7 Å². The van der Waals surface area contributed by atoms with Crippen molar-refractivity contribution in [2.75, 3.05) is 12.4 Å². The monoisotopic (exact) mass is 450 g/mol. The van der Waals surface area contributed by atoms with Gasteiger partial charge in [0.25, 0.3) is 11.8 Å². The molecule has 1 aliphatic heterocycles. The van der Waals surface area contributed by atoms with Gasteiger partial charge >= 0.3 is 0 Å². The van der Waals surface area contributed by atoms with Crippen LogP contribution in [0.4, 0.5) is 5.69 Å². The van der Waals surface area contributed by atoms with Gasteiger partial charge in [-0.1, -0.05) is 29.8 Å². The first-order chi connectivity index (χ1) is 15.4. The van der Waals surface area contributed by atoms with Crippen LogP contribution >= 0.6 is 11.6 Å². The standard InChI is InChI=1S/C25H23ClN2O4/c1-16-25(30)28(14-18-5-3-4-6-22(18)31-2)15-19-13-21(11-12-23(19)32-16)27-24(29)17-7-9-20(26)10-8-17/h3-13,16H,14-15H2,1-2H3,(H,27,29)/t16-/m0/s1. The molecule has 0 spiro atoms. The van der Waals surface area contributed by atoms with Gasteiger partial charge in [-0.3, -0.25) is 9.59 Å². The van der Waals surface area contributed by atoms with Crippen molar-refractivity contribution in [1.29, 1.82) is 0 Å². The quantitative estimate of drug-likeness (QED) is 0.599. The molecule has 1 heterocycles. The van der Waals surface area contributed by atoms with Crippen molar-refractivity contribution in [3.8, 4) is 11.5 Å². The fraction of sp³-hybridized carbons (Fsp3) is 0.200. The Bertz CT molecular complexity index is 1150. The Morgan fingerprint density at radius 3 is 2.66 bits per heavy atom. The molecule has 1 aliphatic rings. The number of carbonyl (C=O) groups excluding carboxylic acids is 2. The zero-order valence-corrected chi connectivity index (χ0v) is 18.6. The number of halogens is 1. The van der Waals surface area contributed by atoms with Gasteiger partial charge in [0.05, 0.1) is 7.11 Å². The molecule has 0 fully saturated rings. The van der Waals surface area contributed by atoms with Crippen LogP contribution in [0.5, 0.6) is 11.5 Å². The number of fused-ring (bicyclic) bond motifs is 1. The SMILES string of the molecule is COc1ccccc1CN1Cc2cc(NC(=O)c3ccc(Cl)cc3)ccc2O[C@@H](C)C1=O. The molecule has 1 N–H and O–H groups in total. The average Bonchev–Trinajstić information content (AvgIpc) is 2.91. The number of carbonyl (C=O) groups is 2. The van der Waals surface area contributed by atoms with E-state index in [4.69, 9.17) is 21.1 Å². The first-order valence-corrected chi connectivity index (χ1v) is 10.6. The number of methoxy groups -OCH3 is 1. The van der Waals surface area contributed by atoms with Crippen LogP contribution in [0.25, 0.3) is 0 Å². The summed E-state index contributed by atoms with van der Waals surface area (Å²) in [4.78, 5) is 27.3. The van der Waals surface area contributed by atoms with Gasteiger partial charge in [-0.25, -0.2) is 0 Å². The third-order valence-electron chi connectivity index (χ3n) is 5.30. The molecule has 0 aromatic heterocycles. The molecule has 3 aromatic carbocycles. The molecule has 3 aromatic rings. The molecule has 4 rings (SSSR count). The van der Waals surface area contributed by atoms with E-state index in [9.17, 15) is 9.59 Å². The lowest BCUT2D eigenvalue weighted by molar-refractivity contribution is -0.138. The summed E-state index contributed by atoms with van der Waals surface area (Å²) in [5.41, 5.74) is 2.84. The maximum atomic E-state index is 13.0. The highest BCUT2D eigenvalue weighted by Gasteiger charge is 2.28. The molecule has 0 bridgehead atoms. The smallest absolute Gasteiger partial charge is 0.263 e. The maximum absolute atomic E-state index is 13.0. The number of nitrogens with one attached hydrogen (secondary N) is 1. The van der Waals surface area contributed by atoms with Crippen molar-refractivity contribution in [3.05, 3.63) is 88.4 Å². The van der Waals surface area contributed by atoms with E-state index in [0.29, 0.717) is 35.1 Å². The molecule has 2 amide bonds. The highest BCUT2D eigenvalue weighted by molar-refractivity contribution is 6.30. The Hall–Kier alpha value is -3.51. The summed E-state index contributed by atoms with van der Waals surface area (Å²) in [6, 6.07) is 19.7. The number of rotatable bonds is 5. The first-order valence-electron chi connectivity index (χ1n) is 10.2. The van der Waals surface area contributed by atoms with Gasteiger partial charge in [0.15, 0.2) is 6.10 Å². The lowest BCUT2D eigenvalue weighted by Gasteiger charge is -2.23. The minimum Gasteiger partial charge on any atom is -0.496 e. The fourth-order valence-corrected chi connectivity index (χ4v) is 3.78. The van der Waals surface area contributed by atoms with Crippen molar-refractivity contribution in [2.45, 2.75) is 26.1 Å². The number of para-hydroxylation sites is 1. The second-order valence-corrected chi connectivity index (χ2v) is 7.99. The summed E-state index contributed by atoms with van der Waals surface area (Å²) < 4.78 is 11.3. The van der Waals surface area contributed by atoms with E-state index >= 15 is 0 Å². The molecule has 0 saturated carbocycles. The third-order valence-corrected chi connectivity index (χ3v) is 5.55. The highest BCUT2D eigenvalue weighted by atomic mass is 35.5. The molecule has 7 heteroatoms. The van der Waals surface area contributed by atoms with Crippen LogP contribution < -0.4 is 14.8 Å². The van der Waals surface area contributed by atoms with Crippen LogP contribution in [0.3, 0.4) is 0 Å². The predicted molar refractivity (Wildman–Crippen MR) is 123 cm³/mol. The number of hydrogen-bond donors (Lipinski definition) is 1. The van der Waals surface area contributed by atoms with Gasteiger partial charge in [0, 0.05) is 40.5 Å². The molecule has 0 saturated heterocycles. The summed E-state index contributed by atoms with van der Waals surface area (Å²) in [6.45, 7) is 2.47. The number of anilines is 1. The normalized spacial score (nSPS) is 15.4. The van der Waals surface area contributed by atoms with Crippen LogP contribution in [0, 0.1) is 0 Å². The van der Waals surface area contributed by atoms with Gasteiger partial charge in [-0.2, -0.15) is 0 Å². The number of amides is 2. The summed E-state index contributed by atoms with van der Waals surface area (Å²) in [5.74, 6) is 0.991. The van der Waals surface area contributed by atoms with Gasteiger partial charge in [0.1, 0.15) is 11.5 Å². The Morgan fingerprint density at radius 2 is 1.91 bits per heavy atom. The van der Waals surface area contributed by atoms with Crippen molar-refractivity contribution in [1.82, 2.24) is 4.90 Å². The van der Waals surface area contributed by atoms with E-state index in [1.807, 2.05) is 30.3 Å². The van der Waals surface area contributed by atoms with E-state index in [1.165, 1.54) is 0 Å². The van der Waals surface area contributed by atoms with Crippen molar-refractivity contribution in [2.24, 2.45) is 0 Å². The van der Waals surface area contributed by atoms with Crippen LogP contribution in [0.2, 0.25) is 5.02 Å². The molecular formula is C25H23ClN2O4. The van der Waals surface area contributed by atoms with E-state index in [0.717, 1.165) is 16.9 Å². The van der Waals surface area contributed by atoms with Gasteiger partial charge in [-0.15, -0.1) is 0 Å². The lowest BCUT2D eigenvalue weighted by Crippen LogP contribution is -2.37. The number of ether oxygens (including phenoxy) is 2. The van der Waals surface area contributed by atoms with E-state index < -0.39 is 6.10 Å². The third kappa shape index (κ3) is 4.70. The van der Waals surface area contributed by atoms with Gasteiger partial charge in [0.2, 0.25) is 0 Å².